The normalized spacial score (nSPS) is 18.6. The van der Waals surface area contributed by atoms with E-state index in [4.69, 9.17) is 14.2 Å². The number of hydrogen-bond acceptors (Lipinski definition) is 4. The summed E-state index contributed by atoms with van der Waals surface area (Å²) in [5, 5.41) is 3.29. The molecular formula is C15H21NO3. The van der Waals surface area contributed by atoms with Gasteiger partial charge in [0.15, 0.2) is 11.5 Å². The molecule has 1 fully saturated rings. The van der Waals surface area contributed by atoms with Crippen LogP contribution in [0.5, 0.6) is 11.5 Å². The van der Waals surface area contributed by atoms with Gasteiger partial charge < -0.3 is 19.5 Å². The predicted octanol–water partition coefficient (Wildman–Crippen LogP) is 2.49. The average molecular weight is 263 g/mol. The lowest BCUT2D eigenvalue weighted by atomic mass is 10.1. The Morgan fingerprint density at radius 2 is 2.16 bits per heavy atom. The Morgan fingerprint density at radius 3 is 2.95 bits per heavy atom. The van der Waals surface area contributed by atoms with E-state index in [0.717, 1.165) is 24.0 Å². The van der Waals surface area contributed by atoms with Gasteiger partial charge in [-0.2, -0.15) is 0 Å². The van der Waals surface area contributed by atoms with Crippen molar-refractivity contribution in [2.45, 2.75) is 25.3 Å². The zero-order valence-corrected chi connectivity index (χ0v) is 11.4. The maximum Gasteiger partial charge on any atom is 0.231 e. The van der Waals surface area contributed by atoms with E-state index in [1.807, 2.05) is 19.2 Å². The van der Waals surface area contributed by atoms with Gasteiger partial charge in [0.2, 0.25) is 6.79 Å². The van der Waals surface area contributed by atoms with Gasteiger partial charge >= 0.3 is 0 Å². The summed E-state index contributed by atoms with van der Waals surface area (Å²) in [6, 6.07) is 6.27. The molecule has 0 amide bonds. The molecule has 19 heavy (non-hydrogen) atoms. The van der Waals surface area contributed by atoms with Crippen molar-refractivity contribution in [3.63, 3.8) is 0 Å². The lowest BCUT2D eigenvalue weighted by Gasteiger charge is -2.17. The molecule has 1 aliphatic carbocycles. The average Bonchev–Trinajstić information content (AvgIpc) is 3.14. The second-order valence-corrected chi connectivity index (χ2v) is 5.26. The molecule has 0 spiro atoms. The highest BCUT2D eigenvalue weighted by Gasteiger charge is 2.21. The predicted molar refractivity (Wildman–Crippen MR) is 72.5 cm³/mol. The summed E-state index contributed by atoms with van der Waals surface area (Å²) in [4.78, 5) is 0. The topological polar surface area (TPSA) is 39.7 Å². The Bertz CT molecular complexity index is 431. The number of hydrogen-bond donors (Lipinski definition) is 1. The summed E-state index contributed by atoms with van der Waals surface area (Å²) in [6.45, 7) is 1.89. The molecule has 0 bridgehead atoms. The number of nitrogens with one attached hydrogen (secondary N) is 1. The van der Waals surface area contributed by atoms with Crippen molar-refractivity contribution >= 4 is 0 Å². The Kier molecular flexibility index (Phi) is 3.89. The summed E-state index contributed by atoms with van der Waals surface area (Å²) in [5.41, 5.74) is 1.18. The molecule has 1 N–H and O–H groups in total. The van der Waals surface area contributed by atoms with E-state index in [2.05, 4.69) is 11.4 Å². The van der Waals surface area contributed by atoms with Gasteiger partial charge in [-0.3, -0.25) is 0 Å². The van der Waals surface area contributed by atoms with Crippen molar-refractivity contribution in [3.05, 3.63) is 23.8 Å². The van der Waals surface area contributed by atoms with E-state index in [9.17, 15) is 0 Å². The lowest BCUT2D eigenvalue weighted by Crippen LogP contribution is -2.22. The van der Waals surface area contributed by atoms with Gasteiger partial charge in [-0.05, 0) is 37.1 Å². The van der Waals surface area contributed by atoms with E-state index in [-0.39, 0.29) is 6.04 Å². The first-order valence-electron chi connectivity index (χ1n) is 7.01. The van der Waals surface area contributed by atoms with Crippen LogP contribution in [0.1, 0.15) is 30.9 Å². The van der Waals surface area contributed by atoms with Crippen LogP contribution in [-0.4, -0.2) is 27.1 Å². The largest absolute Gasteiger partial charge is 0.454 e. The second-order valence-electron chi connectivity index (χ2n) is 5.26. The molecule has 1 aromatic rings. The maximum atomic E-state index is 5.78. The molecule has 1 aliphatic heterocycles. The molecule has 1 aromatic carbocycles. The number of ether oxygens (including phenoxy) is 3. The minimum absolute atomic E-state index is 0.203. The first-order chi connectivity index (χ1) is 9.36. The van der Waals surface area contributed by atoms with Crippen LogP contribution in [0.2, 0.25) is 0 Å². The number of likely N-dealkylation sites (N-methyl/N-ethyl adjacent to an activating group) is 1. The smallest absolute Gasteiger partial charge is 0.231 e. The first kappa shape index (κ1) is 12.8. The lowest BCUT2D eigenvalue weighted by molar-refractivity contribution is 0.108. The third kappa shape index (κ3) is 3.19. The second kappa shape index (κ2) is 5.80. The zero-order valence-electron chi connectivity index (χ0n) is 11.4. The minimum atomic E-state index is 0.203. The fourth-order valence-electron chi connectivity index (χ4n) is 2.33. The van der Waals surface area contributed by atoms with Crippen LogP contribution in [0.25, 0.3) is 0 Å². The molecule has 1 atom stereocenters. The summed E-state index contributed by atoms with van der Waals surface area (Å²) in [5.74, 6) is 2.59. The van der Waals surface area contributed by atoms with Crippen LogP contribution in [-0.2, 0) is 4.74 Å². The Balaban J connectivity index is 1.54. The van der Waals surface area contributed by atoms with Crippen LogP contribution < -0.4 is 14.8 Å². The molecule has 1 heterocycles. The first-order valence-corrected chi connectivity index (χ1v) is 7.01. The van der Waals surface area contributed by atoms with E-state index >= 15 is 0 Å². The van der Waals surface area contributed by atoms with Crippen molar-refractivity contribution in [3.8, 4) is 11.5 Å². The van der Waals surface area contributed by atoms with Crippen LogP contribution in [0.3, 0.4) is 0 Å². The number of rotatable bonds is 7. The summed E-state index contributed by atoms with van der Waals surface area (Å²) >= 11 is 0. The van der Waals surface area contributed by atoms with Crippen molar-refractivity contribution in [1.82, 2.24) is 5.32 Å². The monoisotopic (exact) mass is 263 g/mol. The Morgan fingerprint density at radius 1 is 1.32 bits per heavy atom. The Hall–Kier alpha value is -1.26. The molecule has 104 valence electrons. The molecular weight excluding hydrogens is 242 g/mol. The highest BCUT2D eigenvalue weighted by Crippen LogP contribution is 2.34. The fourth-order valence-corrected chi connectivity index (χ4v) is 2.33. The van der Waals surface area contributed by atoms with Gasteiger partial charge in [-0.15, -0.1) is 0 Å². The summed E-state index contributed by atoms with van der Waals surface area (Å²) in [6.07, 6.45) is 3.99. The van der Waals surface area contributed by atoms with Crippen LogP contribution in [0, 0.1) is 5.92 Å². The minimum Gasteiger partial charge on any atom is -0.454 e. The highest BCUT2D eigenvalue weighted by atomic mass is 16.7. The molecule has 4 heteroatoms. The van der Waals surface area contributed by atoms with Crippen LogP contribution in [0.4, 0.5) is 0 Å². The summed E-state index contributed by atoms with van der Waals surface area (Å²) < 4.78 is 16.5. The van der Waals surface area contributed by atoms with E-state index in [0.29, 0.717) is 13.4 Å². The number of benzene rings is 1. The molecule has 0 radical (unpaired) electrons. The maximum absolute atomic E-state index is 5.78. The standard InChI is InChI=1S/C15H21NO3/c1-16-13(9-17-7-6-11-2-3-11)12-4-5-14-15(8-12)19-10-18-14/h4-5,8,11,13,16H,2-3,6-7,9-10H2,1H3. The molecule has 1 unspecified atom stereocenters. The summed E-state index contributed by atoms with van der Waals surface area (Å²) in [7, 11) is 1.96. The SMILES string of the molecule is CNC(COCCC1CC1)c1ccc2c(c1)OCO2. The molecule has 2 aliphatic rings. The van der Waals surface area contributed by atoms with Crippen molar-refractivity contribution in [2.24, 2.45) is 5.92 Å². The molecule has 1 saturated carbocycles. The quantitative estimate of drug-likeness (QED) is 0.767. The van der Waals surface area contributed by atoms with Gasteiger partial charge in [-0.25, -0.2) is 0 Å². The molecule has 0 saturated heterocycles. The van der Waals surface area contributed by atoms with E-state index in [1.54, 1.807) is 0 Å². The van der Waals surface area contributed by atoms with Crippen LogP contribution in [0.15, 0.2) is 18.2 Å². The fraction of sp³-hybridized carbons (Fsp3) is 0.600. The van der Waals surface area contributed by atoms with Crippen molar-refractivity contribution in [1.29, 1.82) is 0 Å². The highest BCUT2D eigenvalue weighted by molar-refractivity contribution is 5.45. The molecule has 4 nitrogen and oxygen atoms in total. The van der Waals surface area contributed by atoms with Crippen LogP contribution >= 0.6 is 0 Å². The number of fused-ring (bicyclic) bond motifs is 1. The zero-order chi connectivity index (χ0) is 13.1. The van der Waals surface area contributed by atoms with Gasteiger partial charge in [-0.1, -0.05) is 18.9 Å². The van der Waals surface area contributed by atoms with E-state index in [1.165, 1.54) is 24.8 Å². The van der Waals surface area contributed by atoms with Gasteiger partial charge in [0.1, 0.15) is 0 Å². The van der Waals surface area contributed by atoms with Gasteiger partial charge in [0.05, 0.1) is 12.6 Å². The van der Waals surface area contributed by atoms with Gasteiger partial charge in [0, 0.05) is 6.61 Å². The molecule has 3 rings (SSSR count). The molecule has 0 aromatic heterocycles. The van der Waals surface area contributed by atoms with Crippen molar-refractivity contribution in [2.75, 3.05) is 27.1 Å². The van der Waals surface area contributed by atoms with Gasteiger partial charge in [0.25, 0.3) is 0 Å². The van der Waals surface area contributed by atoms with E-state index < -0.39 is 0 Å². The Labute approximate surface area is 114 Å². The van der Waals surface area contributed by atoms with Crippen molar-refractivity contribution < 1.29 is 14.2 Å². The third-order valence-electron chi connectivity index (χ3n) is 3.80. The third-order valence-corrected chi connectivity index (χ3v) is 3.80.